The molecule has 1 atom stereocenters. The highest BCUT2D eigenvalue weighted by atomic mass is 19.4. The van der Waals surface area contributed by atoms with E-state index in [9.17, 15) is 18.3 Å². The van der Waals surface area contributed by atoms with Crippen molar-refractivity contribution in [1.29, 1.82) is 0 Å². The molecule has 1 aromatic carbocycles. The van der Waals surface area contributed by atoms with Gasteiger partial charge in [-0.2, -0.15) is 13.2 Å². The van der Waals surface area contributed by atoms with Gasteiger partial charge in [0.2, 0.25) is 0 Å². The lowest BCUT2D eigenvalue weighted by atomic mass is 9.89. The van der Waals surface area contributed by atoms with E-state index >= 15 is 0 Å². The van der Waals surface area contributed by atoms with Gasteiger partial charge in [0.1, 0.15) is 0 Å². The maximum atomic E-state index is 12.8. The molecule has 0 saturated carbocycles. The van der Waals surface area contributed by atoms with Crippen molar-refractivity contribution in [2.24, 2.45) is 0 Å². The highest BCUT2D eigenvalue weighted by Crippen LogP contribution is 2.40. The van der Waals surface area contributed by atoms with Crippen molar-refractivity contribution in [3.63, 3.8) is 0 Å². The van der Waals surface area contributed by atoms with Crippen LogP contribution in [0.15, 0.2) is 24.3 Å². The van der Waals surface area contributed by atoms with Crippen molar-refractivity contribution in [3.8, 4) is 0 Å². The second-order valence-electron chi connectivity index (χ2n) is 5.60. The molecular formula is C15H20F3NO. The number of nitrogens with zero attached hydrogens (tertiary/aromatic N) is 1. The van der Waals surface area contributed by atoms with Gasteiger partial charge in [-0.1, -0.05) is 24.3 Å². The van der Waals surface area contributed by atoms with E-state index in [0.717, 1.165) is 11.1 Å². The lowest BCUT2D eigenvalue weighted by molar-refractivity contribution is -0.273. The number of rotatable bonds is 2. The molecule has 1 aromatic rings. The summed E-state index contributed by atoms with van der Waals surface area (Å²) < 4.78 is 38.3. The third kappa shape index (κ3) is 2.83. The molecule has 1 N–H and O–H groups in total. The minimum atomic E-state index is -4.54. The third-order valence-electron chi connectivity index (χ3n) is 4.34. The number of alkyl halides is 3. The number of piperidine rings is 1. The van der Waals surface area contributed by atoms with Crippen LogP contribution in [0.3, 0.4) is 0 Å². The van der Waals surface area contributed by atoms with Crippen molar-refractivity contribution in [2.45, 2.75) is 44.5 Å². The van der Waals surface area contributed by atoms with Gasteiger partial charge in [-0.25, -0.2) is 0 Å². The smallest absolute Gasteiger partial charge is 0.380 e. The van der Waals surface area contributed by atoms with E-state index in [0.29, 0.717) is 0 Å². The van der Waals surface area contributed by atoms with Gasteiger partial charge in [-0.3, -0.25) is 4.90 Å². The average molecular weight is 287 g/mol. The number of benzene rings is 1. The van der Waals surface area contributed by atoms with Gasteiger partial charge in [-0.05, 0) is 37.8 Å². The molecular weight excluding hydrogens is 267 g/mol. The molecule has 112 valence electrons. The van der Waals surface area contributed by atoms with Gasteiger partial charge < -0.3 is 5.11 Å². The first-order valence-corrected chi connectivity index (χ1v) is 6.83. The zero-order chi connectivity index (χ0) is 15.0. The van der Waals surface area contributed by atoms with E-state index in [1.165, 1.54) is 0 Å². The van der Waals surface area contributed by atoms with Crippen LogP contribution in [0.5, 0.6) is 0 Å². The van der Waals surface area contributed by atoms with Gasteiger partial charge in [0, 0.05) is 19.1 Å². The Hall–Kier alpha value is -1.07. The molecule has 1 unspecified atom stereocenters. The van der Waals surface area contributed by atoms with E-state index in [1.807, 2.05) is 43.0 Å². The van der Waals surface area contributed by atoms with Crippen molar-refractivity contribution < 1.29 is 18.3 Å². The largest absolute Gasteiger partial charge is 0.417 e. The van der Waals surface area contributed by atoms with Crippen LogP contribution in [0.2, 0.25) is 0 Å². The first kappa shape index (κ1) is 15.3. The predicted molar refractivity (Wildman–Crippen MR) is 71.4 cm³/mol. The normalized spacial score (nSPS) is 21.7. The molecule has 0 radical (unpaired) electrons. The molecule has 1 aliphatic heterocycles. The van der Waals surface area contributed by atoms with Crippen molar-refractivity contribution in [3.05, 3.63) is 35.4 Å². The van der Waals surface area contributed by atoms with Crippen molar-refractivity contribution in [1.82, 2.24) is 4.90 Å². The summed E-state index contributed by atoms with van der Waals surface area (Å²) in [6, 6.07) is 7.96. The summed E-state index contributed by atoms with van der Waals surface area (Å²) in [6.07, 6.45) is -5.05. The maximum Gasteiger partial charge on any atom is 0.417 e. The summed E-state index contributed by atoms with van der Waals surface area (Å²) >= 11 is 0. The Bertz CT molecular complexity index is 464. The molecule has 2 rings (SSSR count). The molecule has 2 nitrogen and oxygen atoms in total. The zero-order valence-corrected chi connectivity index (χ0v) is 11.7. The summed E-state index contributed by atoms with van der Waals surface area (Å²) in [7, 11) is 0. The summed E-state index contributed by atoms with van der Waals surface area (Å²) in [5, 5.41) is 9.68. The number of aliphatic hydroxyl groups is 1. The molecule has 0 bridgehead atoms. The van der Waals surface area contributed by atoms with Gasteiger partial charge >= 0.3 is 6.18 Å². The Labute approximate surface area is 117 Å². The third-order valence-corrected chi connectivity index (χ3v) is 4.34. The zero-order valence-electron chi connectivity index (χ0n) is 11.7. The van der Waals surface area contributed by atoms with Gasteiger partial charge in [-0.15, -0.1) is 0 Å². The second kappa shape index (κ2) is 5.37. The number of hydrogen-bond donors (Lipinski definition) is 1. The van der Waals surface area contributed by atoms with Crippen molar-refractivity contribution >= 4 is 0 Å². The summed E-state index contributed by atoms with van der Waals surface area (Å²) in [5.41, 5.74) is -0.254. The first-order valence-electron chi connectivity index (χ1n) is 6.83. The molecule has 5 heteroatoms. The molecule has 1 heterocycles. The molecule has 0 aliphatic carbocycles. The van der Waals surface area contributed by atoms with E-state index in [4.69, 9.17) is 0 Å². The number of hydrogen-bond acceptors (Lipinski definition) is 2. The lowest BCUT2D eigenvalue weighted by Gasteiger charge is -2.41. The van der Waals surface area contributed by atoms with Crippen LogP contribution in [0.4, 0.5) is 13.2 Å². The van der Waals surface area contributed by atoms with E-state index < -0.39 is 11.8 Å². The minimum absolute atomic E-state index is 0.0639. The van der Waals surface area contributed by atoms with Crippen molar-refractivity contribution in [2.75, 3.05) is 13.1 Å². The van der Waals surface area contributed by atoms with Crippen LogP contribution in [0.1, 0.15) is 36.9 Å². The average Bonchev–Trinajstić information content (AvgIpc) is 2.38. The van der Waals surface area contributed by atoms with Gasteiger partial charge in [0.05, 0.1) is 0 Å². The standard InChI is InChI=1S/C15H20F3NO/c1-11-5-3-4-6-13(11)12(2)19-9-7-14(20,8-10-19)15(16,17)18/h3-6,12,20H,7-10H2,1-2H3. The molecule has 0 spiro atoms. The molecule has 0 aromatic heterocycles. The number of halogens is 3. The van der Waals surface area contributed by atoms with E-state index in [-0.39, 0.29) is 32.0 Å². The lowest BCUT2D eigenvalue weighted by Crippen LogP contribution is -2.53. The van der Waals surface area contributed by atoms with Crippen LogP contribution in [0.25, 0.3) is 0 Å². The first-order chi connectivity index (χ1) is 9.24. The predicted octanol–water partition coefficient (Wildman–Crippen LogP) is 3.45. The summed E-state index contributed by atoms with van der Waals surface area (Å²) in [4.78, 5) is 2.00. The van der Waals surface area contributed by atoms with Crippen LogP contribution >= 0.6 is 0 Å². The molecule has 20 heavy (non-hydrogen) atoms. The molecule has 1 aliphatic rings. The Balaban J connectivity index is 2.06. The Morgan fingerprint density at radius 3 is 2.25 bits per heavy atom. The highest BCUT2D eigenvalue weighted by Gasteiger charge is 2.54. The fourth-order valence-electron chi connectivity index (χ4n) is 2.82. The molecule has 1 saturated heterocycles. The van der Waals surface area contributed by atoms with Crippen LogP contribution in [0, 0.1) is 6.92 Å². The summed E-state index contributed by atoms with van der Waals surface area (Å²) in [6.45, 7) is 4.51. The topological polar surface area (TPSA) is 23.5 Å². The Morgan fingerprint density at radius 1 is 1.20 bits per heavy atom. The van der Waals surface area contributed by atoms with Crippen LogP contribution < -0.4 is 0 Å². The Kier molecular flexibility index (Phi) is 4.12. The summed E-state index contributed by atoms with van der Waals surface area (Å²) in [5.74, 6) is 0. The van der Waals surface area contributed by atoms with E-state index in [1.54, 1.807) is 0 Å². The monoisotopic (exact) mass is 287 g/mol. The highest BCUT2D eigenvalue weighted by molar-refractivity contribution is 5.28. The SMILES string of the molecule is Cc1ccccc1C(C)N1CCC(O)(C(F)(F)F)CC1. The fourth-order valence-corrected chi connectivity index (χ4v) is 2.82. The fraction of sp³-hybridized carbons (Fsp3) is 0.600. The minimum Gasteiger partial charge on any atom is -0.380 e. The number of likely N-dealkylation sites (tertiary alicyclic amines) is 1. The number of aryl methyl sites for hydroxylation is 1. The van der Waals surface area contributed by atoms with Crippen LogP contribution in [-0.4, -0.2) is 34.9 Å². The molecule has 1 fully saturated rings. The molecule has 0 amide bonds. The van der Waals surface area contributed by atoms with Gasteiger partial charge in [0.25, 0.3) is 0 Å². The second-order valence-corrected chi connectivity index (χ2v) is 5.60. The van der Waals surface area contributed by atoms with E-state index in [2.05, 4.69) is 0 Å². The Morgan fingerprint density at radius 2 is 1.75 bits per heavy atom. The van der Waals surface area contributed by atoms with Gasteiger partial charge in [0.15, 0.2) is 5.60 Å². The van der Waals surface area contributed by atoms with Crippen LogP contribution in [-0.2, 0) is 0 Å². The quantitative estimate of drug-likeness (QED) is 0.900. The maximum absolute atomic E-state index is 12.8.